The van der Waals surface area contributed by atoms with Gasteiger partial charge in [0.1, 0.15) is 0 Å². The monoisotopic (exact) mass is 220 g/mol. The van der Waals surface area contributed by atoms with Crippen molar-refractivity contribution in [3.63, 3.8) is 0 Å². The molecule has 3 aliphatic rings. The molecule has 5 heteroatoms. The Labute approximate surface area is 92.7 Å². The highest BCUT2D eigenvalue weighted by Gasteiger charge is 2.62. The van der Waals surface area contributed by atoms with Gasteiger partial charge >= 0.3 is 0 Å². The molecule has 0 aromatic carbocycles. The van der Waals surface area contributed by atoms with Crippen molar-refractivity contribution in [2.45, 2.75) is 12.1 Å². The maximum atomic E-state index is 11.9. The number of carbonyl (C=O) groups is 3. The number of fused-ring (bicyclic) bond motifs is 5. The number of amides is 2. The van der Waals surface area contributed by atoms with Crippen LogP contribution in [0.25, 0.3) is 0 Å². The highest BCUT2D eigenvalue weighted by atomic mass is 16.2. The lowest BCUT2D eigenvalue weighted by molar-refractivity contribution is -0.141. The van der Waals surface area contributed by atoms with E-state index in [0.29, 0.717) is 0 Å². The molecule has 0 unspecified atom stereocenters. The fourth-order valence-electron chi connectivity index (χ4n) is 3.17. The second-order valence-corrected chi connectivity index (χ2v) is 4.65. The van der Waals surface area contributed by atoms with Gasteiger partial charge in [-0.1, -0.05) is 6.08 Å². The topological polar surface area (TPSA) is 57.7 Å². The molecule has 2 amide bonds. The molecule has 4 atom stereocenters. The zero-order chi connectivity index (χ0) is 11.6. The molecule has 16 heavy (non-hydrogen) atoms. The number of hydrogen-bond acceptors (Lipinski definition) is 4. The Hall–Kier alpha value is -1.49. The molecule has 0 aromatic heterocycles. The molecule has 2 fully saturated rings. The molecule has 0 aliphatic carbocycles. The summed E-state index contributed by atoms with van der Waals surface area (Å²) in [5, 5.41) is 0. The second-order valence-electron chi connectivity index (χ2n) is 4.65. The van der Waals surface area contributed by atoms with E-state index in [0.717, 1.165) is 4.90 Å². The van der Waals surface area contributed by atoms with Crippen molar-refractivity contribution in [1.29, 1.82) is 0 Å². The van der Waals surface area contributed by atoms with Gasteiger partial charge in [-0.05, 0) is 13.1 Å². The Balaban J connectivity index is 2.13. The molecule has 0 radical (unpaired) electrons. The first kappa shape index (κ1) is 9.72. The van der Waals surface area contributed by atoms with Crippen LogP contribution < -0.4 is 0 Å². The first-order chi connectivity index (χ1) is 7.54. The van der Waals surface area contributed by atoms with E-state index < -0.39 is 12.0 Å². The van der Waals surface area contributed by atoms with E-state index in [-0.39, 0.29) is 29.6 Å². The first-order valence-electron chi connectivity index (χ1n) is 5.29. The summed E-state index contributed by atoms with van der Waals surface area (Å²) in [7, 11) is 3.29. The number of nitrogens with zero attached hydrogens (tertiary/aromatic N) is 2. The van der Waals surface area contributed by atoms with Gasteiger partial charge < -0.3 is 0 Å². The molecule has 84 valence electrons. The van der Waals surface area contributed by atoms with E-state index in [2.05, 4.69) is 0 Å². The first-order valence-corrected chi connectivity index (χ1v) is 5.29. The van der Waals surface area contributed by atoms with Crippen LogP contribution in [0.1, 0.15) is 0 Å². The largest absolute Gasteiger partial charge is 0.293 e. The van der Waals surface area contributed by atoms with Crippen LogP contribution in [0.15, 0.2) is 12.2 Å². The number of carbonyl (C=O) groups excluding carboxylic acids is 3. The van der Waals surface area contributed by atoms with Gasteiger partial charge in [0, 0.05) is 13.1 Å². The average molecular weight is 220 g/mol. The van der Waals surface area contributed by atoms with E-state index in [4.69, 9.17) is 0 Å². The number of rotatable bonds is 0. The van der Waals surface area contributed by atoms with E-state index in [9.17, 15) is 14.4 Å². The predicted molar refractivity (Wildman–Crippen MR) is 54.2 cm³/mol. The van der Waals surface area contributed by atoms with Gasteiger partial charge in [-0.25, -0.2) is 0 Å². The summed E-state index contributed by atoms with van der Waals surface area (Å²) < 4.78 is 0. The minimum atomic E-state index is -0.477. The lowest BCUT2D eigenvalue weighted by Gasteiger charge is -2.28. The molecule has 2 bridgehead atoms. The van der Waals surface area contributed by atoms with E-state index in [1.165, 1.54) is 13.1 Å². The number of hydrogen-bond donors (Lipinski definition) is 0. The van der Waals surface area contributed by atoms with Gasteiger partial charge in [0.2, 0.25) is 11.8 Å². The fourth-order valence-corrected chi connectivity index (χ4v) is 3.17. The number of likely N-dealkylation sites (N-methyl/N-ethyl adjacent to an activating group) is 1. The maximum absolute atomic E-state index is 11.9. The third-order valence-electron chi connectivity index (χ3n) is 3.98. The summed E-state index contributed by atoms with van der Waals surface area (Å²) >= 11 is 0. The van der Waals surface area contributed by atoms with Crippen LogP contribution in [0.2, 0.25) is 0 Å². The fraction of sp³-hybridized carbons (Fsp3) is 0.545. The summed E-state index contributed by atoms with van der Waals surface area (Å²) in [5.41, 5.74) is 0. The molecular weight excluding hydrogens is 208 g/mol. The highest BCUT2D eigenvalue weighted by Crippen LogP contribution is 2.43. The van der Waals surface area contributed by atoms with Crippen LogP contribution in [0.3, 0.4) is 0 Å². The Morgan fingerprint density at radius 2 is 1.69 bits per heavy atom. The zero-order valence-corrected chi connectivity index (χ0v) is 9.08. The number of likely N-dealkylation sites (tertiary alicyclic amines) is 1. The van der Waals surface area contributed by atoms with Crippen molar-refractivity contribution >= 4 is 17.6 Å². The van der Waals surface area contributed by atoms with Crippen molar-refractivity contribution in [3.8, 4) is 0 Å². The zero-order valence-electron chi connectivity index (χ0n) is 9.08. The van der Waals surface area contributed by atoms with Gasteiger partial charge in [-0.3, -0.25) is 24.2 Å². The standard InChI is InChI=1S/C11H12N2O3/c1-12-5-3-4-6(14)9(12)8-7(5)10(15)13(2)11(8)16/h3-5,7-9H,1-2H3/t5-,7-,8-,9+/m0/s1. The molecular formula is C11H12N2O3. The maximum Gasteiger partial charge on any atom is 0.234 e. The number of imide groups is 1. The van der Waals surface area contributed by atoms with Gasteiger partial charge in [0.05, 0.1) is 17.9 Å². The van der Waals surface area contributed by atoms with Crippen LogP contribution in [-0.4, -0.2) is 53.6 Å². The lowest BCUT2D eigenvalue weighted by Crippen LogP contribution is -2.46. The van der Waals surface area contributed by atoms with Crippen molar-refractivity contribution in [3.05, 3.63) is 12.2 Å². The van der Waals surface area contributed by atoms with Crippen molar-refractivity contribution < 1.29 is 14.4 Å². The Morgan fingerprint density at radius 3 is 2.38 bits per heavy atom. The molecule has 0 aromatic rings. The quantitative estimate of drug-likeness (QED) is 0.493. The van der Waals surface area contributed by atoms with Crippen LogP contribution >= 0.6 is 0 Å². The predicted octanol–water partition coefficient (Wildman–Crippen LogP) is -0.961. The van der Waals surface area contributed by atoms with Gasteiger partial charge in [-0.15, -0.1) is 0 Å². The third kappa shape index (κ3) is 0.875. The van der Waals surface area contributed by atoms with Gasteiger partial charge in [0.25, 0.3) is 0 Å². The molecule has 3 rings (SSSR count). The van der Waals surface area contributed by atoms with E-state index >= 15 is 0 Å². The van der Waals surface area contributed by atoms with E-state index in [1.54, 1.807) is 13.1 Å². The molecule has 0 saturated carbocycles. The molecule has 3 heterocycles. The average Bonchev–Trinajstić information content (AvgIpc) is 2.56. The SMILES string of the molecule is CN1C(=O)[C@@H]2[C@H](C1=O)[C@H]1C(=O)C=C[C@@H]2N1C. The number of ketones is 1. The summed E-state index contributed by atoms with van der Waals surface area (Å²) in [6.45, 7) is 0. The minimum Gasteiger partial charge on any atom is -0.293 e. The van der Waals surface area contributed by atoms with Crippen molar-refractivity contribution in [2.24, 2.45) is 11.8 Å². The summed E-state index contributed by atoms with van der Waals surface area (Å²) in [4.78, 5) is 38.6. The minimum absolute atomic E-state index is 0.0669. The lowest BCUT2D eigenvalue weighted by atomic mass is 9.90. The third-order valence-corrected chi connectivity index (χ3v) is 3.98. The highest BCUT2D eigenvalue weighted by molar-refractivity contribution is 6.11. The van der Waals surface area contributed by atoms with Gasteiger partial charge in [0.15, 0.2) is 5.78 Å². The molecule has 3 aliphatic heterocycles. The van der Waals surface area contributed by atoms with Gasteiger partial charge in [-0.2, -0.15) is 0 Å². The van der Waals surface area contributed by atoms with Crippen molar-refractivity contribution in [2.75, 3.05) is 14.1 Å². The molecule has 0 spiro atoms. The normalized spacial score (nSPS) is 42.1. The summed E-state index contributed by atoms with van der Waals surface area (Å²) in [6, 6.07) is -0.546. The Kier molecular flexibility index (Phi) is 1.70. The summed E-state index contributed by atoms with van der Waals surface area (Å²) in [5.74, 6) is -1.28. The summed E-state index contributed by atoms with van der Waals surface area (Å²) in [6.07, 6.45) is 3.25. The Morgan fingerprint density at radius 1 is 1.06 bits per heavy atom. The second kappa shape index (κ2) is 2.79. The molecule has 0 N–H and O–H groups in total. The molecule has 5 nitrogen and oxygen atoms in total. The van der Waals surface area contributed by atoms with Crippen LogP contribution in [-0.2, 0) is 14.4 Å². The van der Waals surface area contributed by atoms with Crippen LogP contribution in [0.4, 0.5) is 0 Å². The van der Waals surface area contributed by atoms with E-state index in [1.807, 2.05) is 4.90 Å². The smallest absolute Gasteiger partial charge is 0.234 e. The Bertz CT molecular complexity index is 443. The van der Waals surface area contributed by atoms with Crippen LogP contribution in [0.5, 0.6) is 0 Å². The molecule has 2 saturated heterocycles. The van der Waals surface area contributed by atoms with Crippen molar-refractivity contribution in [1.82, 2.24) is 9.80 Å². The van der Waals surface area contributed by atoms with Crippen LogP contribution in [0, 0.1) is 11.8 Å².